The van der Waals surface area contributed by atoms with Crippen LogP contribution in [0.3, 0.4) is 0 Å². The predicted octanol–water partition coefficient (Wildman–Crippen LogP) is 2.91. The monoisotopic (exact) mass is 473 g/mol. The van der Waals surface area contributed by atoms with Gasteiger partial charge in [-0.3, -0.25) is 4.90 Å². The van der Waals surface area contributed by atoms with Gasteiger partial charge in [-0.15, -0.1) is 0 Å². The Kier molecular flexibility index (Phi) is 7.48. The lowest BCUT2D eigenvalue weighted by Gasteiger charge is -2.42. The molecule has 0 radical (unpaired) electrons. The standard InChI is InChI=1S/C24H35N5O3S/c1-4-19-15-25-24(26-16-19)29-13-11-28(12-14-29)21-7-5-20(6-8-21)17-32-22-9-10-23(27-18(22)2)33(3,30)31/h9-10,15-16,20-21H,4-8,11-14,17H2,1-3H3/t20-,21-. The van der Waals surface area contributed by atoms with E-state index in [2.05, 4.69) is 31.7 Å². The van der Waals surface area contributed by atoms with Crippen molar-refractivity contribution in [3.05, 3.63) is 35.8 Å². The van der Waals surface area contributed by atoms with Gasteiger partial charge in [0.15, 0.2) is 14.9 Å². The third-order valence-electron chi connectivity index (χ3n) is 6.90. The van der Waals surface area contributed by atoms with Crippen LogP contribution in [0.15, 0.2) is 29.6 Å². The summed E-state index contributed by atoms with van der Waals surface area (Å²) in [5.74, 6) is 2.05. The lowest BCUT2D eigenvalue weighted by atomic mass is 9.85. The molecule has 1 saturated heterocycles. The van der Waals surface area contributed by atoms with Crippen LogP contribution in [0, 0.1) is 12.8 Å². The topological polar surface area (TPSA) is 88.5 Å². The fraction of sp³-hybridized carbons (Fsp3) is 0.625. The van der Waals surface area contributed by atoms with E-state index in [0.29, 0.717) is 30.0 Å². The van der Waals surface area contributed by atoms with Gasteiger partial charge in [0.05, 0.1) is 12.3 Å². The molecule has 0 N–H and O–H groups in total. The number of piperazine rings is 1. The predicted molar refractivity (Wildman–Crippen MR) is 129 cm³/mol. The molecule has 2 aromatic rings. The molecule has 0 spiro atoms. The first-order valence-electron chi connectivity index (χ1n) is 11.9. The van der Waals surface area contributed by atoms with Gasteiger partial charge in [-0.1, -0.05) is 6.92 Å². The largest absolute Gasteiger partial charge is 0.491 e. The van der Waals surface area contributed by atoms with Crippen molar-refractivity contribution in [2.45, 2.75) is 57.0 Å². The van der Waals surface area contributed by atoms with E-state index in [-0.39, 0.29) is 5.03 Å². The molecule has 4 rings (SSSR count). The van der Waals surface area contributed by atoms with Crippen molar-refractivity contribution in [1.82, 2.24) is 19.9 Å². The number of rotatable bonds is 7. The first kappa shape index (κ1) is 23.9. The molecular weight excluding hydrogens is 438 g/mol. The summed E-state index contributed by atoms with van der Waals surface area (Å²) in [4.78, 5) is 18.2. The molecule has 1 aliphatic carbocycles. The van der Waals surface area contributed by atoms with Gasteiger partial charge >= 0.3 is 0 Å². The van der Waals surface area contributed by atoms with Gasteiger partial charge in [0.1, 0.15) is 5.75 Å². The maximum absolute atomic E-state index is 11.7. The molecule has 2 aromatic heterocycles. The second kappa shape index (κ2) is 10.3. The molecule has 0 bridgehead atoms. The molecule has 0 unspecified atom stereocenters. The van der Waals surface area contributed by atoms with Crippen molar-refractivity contribution in [3.8, 4) is 5.75 Å². The molecule has 8 nitrogen and oxygen atoms in total. The molecule has 0 amide bonds. The number of pyridine rings is 1. The molecule has 9 heteroatoms. The third kappa shape index (κ3) is 6.00. The zero-order valence-corrected chi connectivity index (χ0v) is 20.7. The Hall–Kier alpha value is -2.26. The van der Waals surface area contributed by atoms with E-state index in [1.165, 1.54) is 30.7 Å². The van der Waals surface area contributed by atoms with Gasteiger partial charge in [-0.05, 0) is 62.6 Å². The fourth-order valence-electron chi connectivity index (χ4n) is 4.75. The highest BCUT2D eigenvalue weighted by atomic mass is 32.2. The highest BCUT2D eigenvalue weighted by Gasteiger charge is 2.29. The van der Waals surface area contributed by atoms with Gasteiger partial charge in [0, 0.05) is 50.9 Å². The normalized spacial score (nSPS) is 22.3. The SMILES string of the molecule is CCc1cnc(N2CCN([C@H]3CC[C@H](COc4ccc(S(C)(=O)=O)nc4C)CC3)CC2)nc1. The summed E-state index contributed by atoms with van der Waals surface area (Å²) in [5.41, 5.74) is 1.80. The van der Waals surface area contributed by atoms with E-state index in [0.717, 1.165) is 51.4 Å². The van der Waals surface area contributed by atoms with E-state index < -0.39 is 9.84 Å². The number of hydrogen-bond donors (Lipinski definition) is 0. The number of sulfone groups is 1. The van der Waals surface area contributed by atoms with Crippen LogP contribution < -0.4 is 9.64 Å². The van der Waals surface area contributed by atoms with Crippen molar-refractivity contribution in [1.29, 1.82) is 0 Å². The van der Waals surface area contributed by atoms with E-state index in [9.17, 15) is 8.42 Å². The minimum atomic E-state index is -3.30. The van der Waals surface area contributed by atoms with Crippen molar-refractivity contribution in [3.63, 3.8) is 0 Å². The summed E-state index contributed by atoms with van der Waals surface area (Å²) in [6.45, 7) is 8.64. The second-order valence-corrected chi connectivity index (χ2v) is 11.2. The van der Waals surface area contributed by atoms with Crippen LogP contribution in [0.4, 0.5) is 5.95 Å². The number of hydrogen-bond acceptors (Lipinski definition) is 8. The summed E-state index contributed by atoms with van der Waals surface area (Å²) in [6.07, 6.45) is 10.7. The van der Waals surface area contributed by atoms with Gasteiger partial charge in [0.25, 0.3) is 0 Å². The summed E-state index contributed by atoms with van der Waals surface area (Å²) in [6, 6.07) is 3.89. The average Bonchev–Trinajstić information content (AvgIpc) is 2.83. The van der Waals surface area contributed by atoms with Crippen LogP contribution in [-0.4, -0.2) is 73.4 Å². The number of aryl methyl sites for hydroxylation is 2. The van der Waals surface area contributed by atoms with Crippen molar-refractivity contribution < 1.29 is 13.2 Å². The highest BCUT2D eigenvalue weighted by molar-refractivity contribution is 7.90. The van der Waals surface area contributed by atoms with Gasteiger partial charge in [-0.25, -0.2) is 23.4 Å². The first-order chi connectivity index (χ1) is 15.8. The molecule has 0 atom stereocenters. The molecule has 1 saturated carbocycles. The van der Waals surface area contributed by atoms with Crippen molar-refractivity contribution >= 4 is 15.8 Å². The lowest BCUT2D eigenvalue weighted by Crippen LogP contribution is -2.51. The number of ether oxygens (including phenoxy) is 1. The minimum absolute atomic E-state index is 0.0949. The minimum Gasteiger partial charge on any atom is -0.491 e. The molecule has 1 aliphatic heterocycles. The lowest BCUT2D eigenvalue weighted by molar-refractivity contribution is 0.110. The molecule has 33 heavy (non-hydrogen) atoms. The average molecular weight is 474 g/mol. The van der Waals surface area contributed by atoms with Gasteiger partial charge < -0.3 is 9.64 Å². The number of nitrogens with zero attached hydrogens (tertiary/aromatic N) is 5. The molecule has 0 aromatic carbocycles. The Morgan fingerprint density at radius 3 is 2.27 bits per heavy atom. The zero-order valence-electron chi connectivity index (χ0n) is 19.9. The number of aromatic nitrogens is 3. The van der Waals surface area contributed by atoms with Gasteiger partial charge in [-0.2, -0.15) is 0 Å². The summed E-state index contributed by atoms with van der Waals surface area (Å²) < 4.78 is 29.3. The van der Waals surface area contributed by atoms with Crippen molar-refractivity contribution in [2.24, 2.45) is 5.92 Å². The summed E-state index contributed by atoms with van der Waals surface area (Å²) in [5, 5.41) is 0.0949. The van der Waals surface area contributed by atoms with Crippen LogP contribution in [0.25, 0.3) is 0 Å². The summed E-state index contributed by atoms with van der Waals surface area (Å²) in [7, 11) is -3.30. The highest BCUT2D eigenvalue weighted by Crippen LogP contribution is 2.30. The Bertz CT molecular complexity index is 1030. The molecule has 180 valence electrons. The van der Waals surface area contributed by atoms with Crippen LogP contribution in [0.5, 0.6) is 5.75 Å². The molecular formula is C24H35N5O3S. The Labute approximate surface area is 197 Å². The Morgan fingerprint density at radius 1 is 1.03 bits per heavy atom. The van der Waals surface area contributed by atoms with Crippen molar-refractivity contribution in [2.75, 3.05) is 43.9 Å². The molecule has 2 aliphatic rings. The maximum atomic E-state index is 11.7. The smallest absolute Gasteiger partial charge is 0.225 e. The number of anilines is 1. The van der Waals surface area contributed by atoms with E-state index in [1.807, 2.05) is 12.4 Å². The molecule has 3 heterocycles. The van der Waals surface area contributed by atoms with E-state index >= 15 is 0 Å². The van der Waals surface area contributed by atoms with Gasteiger partial charge in [0.2, 0.25) is 5.95 Å². The van der Waals surface area contributed by atoms with Crippen LogP contribution in [0.2, 0.25) is 0 Å². The van der Waals surface area contributed by atoms with Crippen LogP contribution >= 0.6 is 0 Å². The second-order valence-electron chi connectivity index (χ2n) is 9.26. The Morgan fingerprint density at radius 2 is 1.70 bits per heavy atom. The fourth-order valence-corrected chi connectivity index (χ4v) is 5.37. The maximum Gasteiger partial charge on any atom is 0.225 e. The zero-order chi connectivity index (χ0) is 23.4. The third-order valence-corrected chi connectivity index (χ3v) is 7.88. The molecule has 2 fully saturated rings. The van der Waals surface area contributed by atoms with E-state index in [4.69, 9.17) is 4.74 Å². The van der Waals surface area contributed by atoms with Crippen LogP contribution in [-0.2, 0) is 16.3 Å². The van der Waals surface area contributed by atoms with Crippen LogP contribution in [0.1, 0.15) is 43.9 Å². The van der Waals surface area contributed by atoms with E-state index in [1.54, 1.807) is 13.0 Å². The first-order valence-corrected chi connectivity index (χ1v) is 13.8. The summed E-state index contributed by atoms with van der Waals surface area (Å²) >= 11 is 0. The Balaban J connectivity index is 1.21. The quantitative estimate of drug-likeness (QED) is 0.607.